The molecule has 0 bridgehead atoms. The quantitative estimate of drug-likeness (QED) is 0.864. The fourth-order valence-corrected chi connectivity index (χ4v) is 3.91. The number of halogens is 1. The number of hydrogen-bond acceptors (Lipinski definition) is 4. The smallest absolute Gasteiger partial charge is 0.257 e. The number of carbonyl (C=O) groups is 1. The molecular weight excluding hydrogens is 350 g/mol. The molecule has 1 saturated carbocycles. The molecule has 1 heterocycles. The van der Waals surface area contributed by atoms with Crippen LogP contribution in [0.4, 0.5) is 5.13 Å². The van der Waals surface area contributed by atoms with Crippen LogP contribution in [0.5, 0.6) is 0 Å². The van der Waals surface area contributed by atoms with Crippen LogP contribution >= 0.6 is 27.3 Å². The summed E-state index contributed by atoms with van der Waals surface area (Å²) >= 11 is 4.87. The molecule has 0 atom stereocenters. The molecule has 1 aromatic heterocycles. The summed E-state index contributed by atoms with van der Waals surface area (Å²) in [5.74, 6) is 0.371. The summed E-state index contributed by atoms with van der Waals surface area (Å²) in [4.78, 5) is 12.2. The van der Waals surface area contributed by atoms with Crippen LogP contribution in [0.2, 0.25) is 0 Å². The standard InChI is InChI=1S/C15H16BrN3OS/c16-12-8-4-7-11(9-12)13(20)17-15-19-18-14(21-15)10-5-2-1-3-6-10/h4,7-10H,1-3,5-6H2,(H,17,19,20). The van der Waals surface area contributed by atoms with Gasteiger partial charge in [0, 0.05) is 16.0 Å². The van der Waals surface area contributed by atoms with Crippen molar-refractivity contribution in [1.29, 1.82) is 0 Å². The summed E-state index contributed by atoms with van der Waals surface area (Å²) in [6.07, 6.45) is 6.23. The number of rotatable bonds is 3. The molecule has 1 amide bonds. The number of hydrogen-bond donors (Lipinski definition) is 1. The fourth-order valence-electron chi connectivity index (χ4n) is 2.60. The van der Waals surface area contributed by atoms with Gasteiger partial charge in [-0.05, 0) is 31.0 Å². The molecule has 1 N–H and O–H groups in total. The lowest BCUT2D eigenvalue weighted by atomic mass is 9.90. The van der Waals surface area contributed by atoms with E-state index < -0.39 is 0 Å². The molecule has 6 heteroatoms. The molecule has 4 nitrogen and oxygen atoms in total. The van der Waals surface area contributed by atoms with Crippen molar-refractivity contribution in [2.75, 3.05) is 5.32 Å². The molecule has 0 aliphatic heterocycles. The van der Waals surface area contributed by atoms with E-state index in [4.69, 9.17) is 0 Å². The Morgan fingerprint density at radius 1 is 1.24 bits per heavy atom. The molecule has 1 aliphatic carbocycles. The second-order valence-electron chi connectivity index (χ2n) is 5.24. The largest absolute Gasteiger partial charge is 0.296 e. The molecule has 0 unspecified atom stereocenters. The molecule has 0 saturated heterocycles. The van der Waals surface area contributed by atoms with Gasteiger partial charge in [0.25, 0.3) is 5.91 Å². The van der Waals surface area contributed by atoms with Crippen LogP contribution < -0.4 is 5.32 Å². The Hall–Kier alpha value is -1.27. The minimum Gasteiger partial charge on any atom is -0.296 e. The highest BCUT2D eigenvalue weighted by atomic mass is 79.9. The van der Waals surface area contributed by atoms with Crippen molar-refractivity contribution >= 4 is 38.3 Å². The Bertz CT molecular complexity index is 637. The molecule has 21 heavy (non-hydrogen) atoms. The van der Waals surface area contributed by atoms with Crippen molar-refractivity contribution in [3.63, 3.8) is 0 Å². The van der Waals surface area contributed by atoms with Crippen molar-refractivity contribution in [3.05, 3.63) is 39.3 Å². The minimum atomic E-state index is -0.150. The molecule has 0 radical (unpaired) electrons. The predicted octanol–water partition coefficient (Wildman–Crippen LogP) is 4.60. The van der Waals surface area contributed by atoms with Crippen molar-refractivity contribution in [2.45, 2.75) is 38.0 Å². The molecule has 1 fully saturated rings. The number of benzene rings is 1. The Kier molecular flexibility index (Phi) is 4.65. The van der Waals surface area contributed by atoms with Crippen molar-refractivity contribution < 1.29 is 4.79 Å². The van der Waals surface area contributed by atoms with Crippen LogP contribution in [-0.4, -0.2) is 16.1 Å². The van der Waals surface area contributed by atoms with E-state index >= 15 is 0 Å². The Balaban J connectivity index is 1.68. The predicted molar refractivity (Wildman–Crippen MR) is 87.8 cm³/mol. The topological polar surface area (TPSA) is 54.9 Å². The lowest BCUT2D eigenvalue weighted by molar-refractivity contribution is 0.102. The maximum absolute atomic E-state index is 12.2. The average Bonchev–Trinajstić information content (AvgIpc) is 2.97. The van der Waals surface area contributed by atoms with E-state index in [0.29, 0.717) is 16.6 Å². The van der Waals surface area contributed by atoms with Crippen LogP contribution in [0.15, 0.2) is 28.7 Å². The first kappa shape index (κ1) is 14.7. The van der Waals surface area contributed by atoms with Crippen LogP contribution in [0.3, 0.4) is 0 Å². The second-order valence-corrected chi connectivity index (χ2v) is 7.17. The Morgan fingerprint density at radius 3 is 2.81 bits per heavy atom. The van der Waals surface area contributed by atoms with E-state index in [1.807, 2.05) is 12.1 Å². The molecule has 3 rings (SSSR count). The maximum atomic E-state index is 12.2. The van der Waals surface area contributed by atoms with E-state index in [9.17, 15) is 4.79 Å². The Labute approximate surface area is 136 Å². The average molecular weight is 366 g/mol. The highest BCUT2D eigenvalue weighted by molar-refractivity contribution is 9.10. The SMILES string of the molecule is O=C(Nc1nnc(C2CCCCC2)s1)c1cccc(Br)c1. The summed E-state index contributed by atoms with van der Waals surface area (Å²) in [6.45, 7) is 0. The number of nitrogens with one attached hydrogen (secondary N) is 1. The van der Waals surface area contributed by atoms with Gasteiger partial charge in [0.15, 0.2) is 0 Å². The van der Waals surface area contributed by atoms with E-state index in [1.165, 1.54) is 43.4 Å². The van der Waals surface area contributed by atoms with Gasteiger partial charge >= 0.3 is 0 Å². The first-order chi connectivity index (χ1) is 10.2. The molecule has 0 spiro atoms. The normalized spacial score (nSPS) is 15.9. The van der Waals surface area contributed by atoms with Gasteiger partial charge in [-0.2, -0.15) is 0 Å². The third kappa shape index (κ3) is 3.68. The highest BCUT2D eigenvalue weighted by Crippen LogP contribution is 2.35. The van der Waals surface area contributed by atoms with Crippen LogP contribution in [0, 0.1) is 0 Å². The first-order valence-electron chi connectivity index (χ1n) is 7.13. The third-order valence-corrected chi connectivity index (χ3v) is 5.20. The fraction of sp³-hybridized carbons (Fsp3) is 0.400. The lowest BCUT2D eigenvalue weighted by Crippen LogP contribution is -2.11. The van der Waals surface area contributed by atoms with Crippen LogP contribution in [0.25, 0.3) is 0 Å². The zero-order valence-electron chi connectivity index (χ0n) is 11.5. The number of nitrogens with zero attached hydrogens (tertiary/aromatic N) is 2. The van der Waals surface area contributed by atoms with Crippen molar-refractivity contribution in [3.8, 4) is 0 Å². The molecule has 1 aliphatic rings. The van der Waals surface area contributed by atoms with Gasteiger partial charge in [-0.25, -0.2) is 0 Å². The van der Waals surface area contributed by atoms with E-state index in [-0.39, 0.29) is 5.91 Å². The van der Waals surface area contributed by atoms with Gasteiger partial charge in [0.1, 0.15) is 5.01 Å². The summed E-state index contributed by atoms with van der Waals surface area (Å²) in [5.41, 5.74) is 0.610. The number of anilines is 1. The lowest BCUT2D eigenvalue weighted by Gasteiger charge is -2.18. The number of amides is 1. The first-order valence-corrected chi connectivity index (χ1v) is 8.73. The maximum Gasteiger partial charge on any atom is 0.257 e. The summed E-state index contributed by atoms with van der Waals surface area (Å²) in [7, 11) is 0. The highest BCUT2D eigenvalue weighted by Gasteiger charge is 2.20. The monoisotopic (exact) mass is 365 g/mol. The van der Waals surface area contributed by atoms with E-state index in [1.54, 1.807) is 12.1 Å². The van der Waals surface area contributed by atoms with Gasteiger partial charge in [0.2, 0.25) is 5.13 Å². The van der Waals surface area contributed by atoms with Crippen LogP contribution in [-0.2, 0) is 0 Å². The summed E-state index contributed by atoms with van der Waals surface area (Å²) < 4.78 is 0.885. The summed E-state index contributed by atoms with van der Waals surface area (Å²) in [6, 6.07) is 7.30. The zero-order chi connectivity index (χ0) is 14.7. The third-order valence-electron chi connectivity index (χ3n) is 3.70. The molecule has 2 aromatic rings. The van der Waals surface area contributed by atoms with Gasteiger partial charge in [0.05, 0.1) is 0 Å². The zero-order valence-corrected chi connectivity index (χ0v) is 13.9. The van der Waals surface area contributed by atoms with Crippen molar-refractivity contribution in [2.24, 2.45) is 0 Å². The van der Waals surface area contributed by atoms with Crippen molar-refractivity contribution in [1.82, 2.24) is 10.2 Å². The molecule has 110 valence electrons. The molecular formula is C15H16BrN3OS. The number of carbonyl (C=O) groups excluding carboxylic acids is 1. The van der Waals surface area contributed by atoms with Gasteiger partial charge in [-0.3, -0.25) is 10.1 Å². The van der Waals surface area contributed by atoms with Crippen LogP contribution in [0.1, 0.15) is 53.4 Å². The Morgan fingerprint density at radius 2 is 2.05 bits per heavy atom. The summed E-state index contributed by atoms with van der Waals surface area (Å²) in [5, 5.41) is 12.8. The van der Waals surface area contributed by atoms with E-state index in [0.717, 1.165) is 9.48 Å². The van der Waals surface area contributed by atoms with E-state index in [2.05, 4.69) is 31.4 Å². The van der Waals surface area contributed by atoms with Gasteiger partial charge in [-0.1, -0.05) is 52.6 Å². The molecule has 1 aromatic carbocycles. The van der Waals surface area contributed by atoms with Gasteiger partial charge in [-0.15, -0.1) is 10.2 Å². The minimum absolute atomic E-state index is 0.150. The van der Waals surface area contributed by atoms with Gasteiger partial charge < -0.3 is 0 Å². The second kappa shape index (κ2) is 6.66. The number of aromatic nitrogens is 2.